The highest BCUT2D eigenvalue weighted by Crippen LogP contribution is 2.39. The molecule has 0 radical (unpaired) electrons. The van der Waals surface area contributed by atoms with Gasteiger partial charge in [-0.25, -0.2) is 9.48 Å². The van der Waals surface area contributed by atoms with Gasteiger partial charge in [0.05, 0.1) is 29.7 Å². The molecule has 1 aliphatic carbocycles. The van der Waals surface area contributed by atoms with Crippen LogP contribution in [0.15, 0.2) is 72.9 Å². The fourth-order valence-electron chi connectivity index (χ4n) is 7.29. The number of anilines is 2. The van der Waals surface area contributed by atoms with Crippen LogP contribution in [0.3, 0.4) is 0 Å². The van der Waals surface area contributed by atoms with Gasteiger partial charge >= 0.3 is 6.03 Å². The Labute approximate surface area is 306 Å². The normalized spacial score (nSPS) is 19.2. The fraction of sp³-hybridized carbons (Fsp3) is 0.450. The van der Waals surface area contributed by atoms with Gasteiger partial charge in [0.25, 0.3) is 0 Å². The van der Waals surface area contributed by atoms with E-state index < -0.39 is 0 Å². The molecule has 12 heteroatoms. The molecule has 2 aromatic carbocycles. The molecule has 1 fully saturated rings. The van der Waals surface area contributed by atoms with E-state index in [1.807, 2.05) is 53.3 Å². The van der Waals surface area contributed by atoms with Gasteiger partial charge in [0.2, 0.25) is 0 Å². The van der Waals surface area contributed by atoms with Gasteiger partial charge in [-0.05, 0) is 94.8 Å². The first-order valence-electron chi connectivity index (χ1n) is 18.4. The van der Waals surface area contributed by atoms with Crippen molar-refractivity contribution in [3.63, 3.8) is 0 Å². The number of aromatic nitrogens is 5. The highest BCUT2D eigenvalue weighted by atomic mass is 16.5. The van der Waals surface area contributed by atoms with E-state index in [-0.39, 0.29) is 29.6 Å². The predicted octanol–water partition coefficient (Wildman–Crippen LogP) is 6.75. The number of hydrogen-bond acceptors (Lipinski definition) is 8. The van der Waals surface area contributed by atoms with Crippen LogP contribution in [-0.2, 0) is 5.41 Å². The molecular weight excluding hydrogens is 653 g/mol. The van der Waals surface area contributed by atoms with Crippen LogP contribution >= 0.6 is 0 Å². The van der Waals surface area contributed by atoms with Crippen molar-refractivity contribution in [2.75, 3.05) is 58.0 Å². The summed E-state index contributed by atoms with van der Waals surface area (Å²) in [6, 6.07) is 22.3. The van der Waals surface area contributed by atoms with E-state index in [1.165, 1.54) is 0 Å². The SMILES string of the molecule is CN(C)CCN(C)c1cccc(-n2nc(C(C)(C)C)cc2NC(=O)N[C@H]2CC[C@@H](Oc3ccc4nnc([C@@H]5CCCN5C)n4c3)c3ccccc32)c1. The summed E-state index contributed by atoms with van der Waals surface area (Å²) in [5.74, 6) is 2.35. The van der Waals surface area contributed by atoms with Gasteiger partial charge in [-0.15, -0.1) is 10.2 Å². The third-order valence-electron chi connectivity index (χ3n) is 10.4. The van der Waals surface area contributed by atoms with Crippen molar-refractivity contribution in [3.8, 4) is 11.4 Å². The van der Waals surface area contributed by atoms with Crippen LogP contribution in [0, 0.1) is 0 Å². The molecule has 274 valence electrons. The molecule has 52 heavy (non-hydrogen) atoms. The van der Waals surface area contributed by atoms with E-state index in [0.717, 1.165) is 90.7 Å². The van der Waals surface area contributed by atoms with Gasteiger partial charge in [-0.3, -0.25) is 14.6 Å². The van der Waals surface area contributed by atoms with Crippen molar-refractivity contribution in [2.24, 2.45) is 0 Å². The largest absolute Gasteiger partial charge is 0.484 e. The van der Waals surface area contributed by atoms with Crippen LogP contribution in [-0.4, -0.2) is 88.0 Å². The third kappa shape index (κ3) is 7.49. The summed E-state index contributed by atoms with van der Waals surface area (Å²) in [6.07, 6.45) is 5.58. The summed E-state index contributed by atoms with van der Waals surface area (Å²) in [5.41, 5.74) is 5.61. The Morgan fingerprint density at radius 2 is 1.75 bits per heavy atom. The molecule has 0 unspecified atom stereocenters. The Bertz CT molecular complexity index is 2030. The quantitative estimate of drug-likeness (QED) is 0.164. The minimum Gasteiger partial charge on any atom is -0.484 e. The molecule has 3 aromatic heterocycles. The second-order valence-electron chi connectivity index (χ2n) is 15.6. The zero-order chi connectivity index (χ0) is 36.6. The standard InChI is InChI=1S/C40H52N10O2/c1-40(2,3)35-25-37(50(45-35)28-13-10-12-27(24-28)47(6)23-22-46(4)5)42-39(51)41-32-18-19-34(31-15-9-8-14-30(31)32)52-29-17-20-36-43-44-38(49(36)26-29)33-16-11-21-48(33)7/h8-10,12-15,17,20,24-26,32-34H,11,16,18-19,21-23H2,1-7H3,(H2,41,42,51)/t32-,33-,34+/m0/s1. The molecule has 2 amide bonds. The maximum atomic E-state index is 13.8. The molecule has 0 spiro atoms. The lowest BCUT2D eigenvalue weighted by atomic mass is 9.85. The zero-order valence-electron chi connectivity index (χ0n) is 31.5. The molecule has 5 aromatic rings. The number of pyridine rings is 1. The van der Waals surface area contributed by atoms with Crippen LogP contribution in [0.1, 0.15) is 87.3 Å². The first-order chi connectivity index (χ1) is 24.9. The number of amides is 2. The zero-order valence-corrected chi connectivity index (χ0v) is 31.5. The minimum absolute atomic E-state index is 0.150. The van der Waals surface area contributed by atoms with Gasteiger partial charge in [0.1, 0.15) is 17.7 Å². The maximum absolute atomic E-state index is 13.8. The lowest BCUT2D eigenvalue weighted by Crippen LogP contribution is -2.36. The van der Waals surface area contributed by atoms with Crippen LogP contribution in [0.2, 0.25) is 0 Å². The van der Waals surface area contributed by atoms with E-state index in [1.54, 1.807) is 0 Å². The van der Waals surface area contributed by atoms with Gasteiger partial charge in [0.15, 0.2) is 11.5 Å². The van der Waals surface area contributed by atoms with Crippen LogP contribution in [0.4, 0.5) is 16.3 Å². The van der Waals surface area contributed by atoms with Crippen LogP contribution in [0.5, 0.6) is 5.75 Å². The molecule has 0 saturated carbocycles. The smallest absolute Gasteiger partial charge is 0.320 e. The van der Waals surface area contributed by atoms with Crippen molar-refractivity contribution in [2.45, 2.75) is 70.1 Å². The van der Waals surface area contributed by atoms with Crippen molar-refractivity contribution < 1.29 is 9.53 Å². The van der Waals surface area contributed by atoms with E-state index in [0.29, 0.717) is 5.82 Å². The van der Waals surface area contributed by atoms with E-state index in [9.17, 15) is 4.79 Å². The first-order valence-corrected chi connectivity index (χ1v) is 18.4. The summed E-state index contributed by atoms with van der Waals surface area (Å²) in [7, 11) is 8.40. The Morgan fingerprint density at radius 1 is 0.942 bits per heavy atom. The number of carbonyl (C=O) groups is 1. The average Bonchev–Trinajstić information content (AvgIpc) is 3.86. The molecule has 7 rings (SSSR count). The molecule has 3 atom stereocenters. The summed E-state index contributed by atoms with van der Waals surface area (Å²) < 4.78 is 10.6. The third-order valence-corrected chi connectivity index (χ3v) is 10.4. The molecule has 0 bridgehead atoms. The Balaban J connectivity index is 1.08. The summed E-state index contributed by atoms with van der Waals surface area (Å²) in [6.45, 7) is 9.28. The topological polar surface area (TPSA) is 108 Å². The molecule has 12 nitrogen and oxygen atoms in total. The monoisotopic (exact) mass is 704 g/mol. The lowest BCUT2D eigenvalue weighted by Gasteiger charge is -2.32. The fourth-order valence-corrected chi connectivity index (χ4v) is 7.29. The number of likely N-dealkylation sites (tertiary alicyclic amines) is 1. The number of nitrogens with zero attached hydrogens (tertiary/aromatic N) is 8. The molecule has 2 N–H and O–H groups in total. The van der Waals surface area contributed by atoms with E-state index >= 15 is 0 Å². The van der Waals surface area contributed by atoms with E-state index in [2.05, 4.69) is 113 Å². The summed E-state index contributed by atoms with van der Waals surface area (Å²) in [5, 5.41) is 20.4. The number of carbonyl (C=O) groups excluding carboxylic acids is 1. The number of likely N-dealkylation sites (N-methyl/N-ethyl adjacent to an activating group) is 2. The Morgan fingerprint density at radius 3 is 2.50 bits per heavy atom. The number of urea groups is 1. The van der Waals surface area contributed by atoms with Crippen molar-refractivity contribution in [1.82, 2.24) is 39.5 Å². The predicted molar refractivity (Wildman–Crippen MR) is 206 cm³/mol. The average molecular weight is 705 g/mol. The number of benzene rings is 2. The van der Waals surface area contributed by atoms with Gasteiger partial charge < -0.3 is 19.9 Å². The number of fused-ring (bicyclic) bond motifs is 2. The number of rotatable bonds is 10. The van der Waals surface area contributed by atoms with Crippen LogP contribution < -0.4 is 20.3 Å². The number of ether oxygens (including phenoxy) is 1. The lowest BCUT2D eigenvalue weighted by molar-refractivity contribution is 0.171. The molecule has 4 heterocycles. The second kappa shape index (κ2) is 14.6. The Hall–Kier alpha value is -4.94. The highest BCUT2D eigenvalue weighted by Gasteiger charge is 2.31. The number of nitrogens with one attached hydrogen (secondary N) is 2. The van der Waals surface area contributed by atoms with E-state index in [4.69, 9.17) is 9.84 Å². The van der Waals surface area contributed by atoms with Crippen LogP contribution in [0.25, 0.3) is 11.3 Å². The van der Waals surface area contributed by atoms with Crippen molar-refractivity contribution in [1.29, 1.82) is 0 Å². The second-order valence-corrected chi connectivity index (χ2v) is 15.6. The Kier molecular flexibility index (Phi) is 9.95. The highest BCUT2D eigenvalue weighted by molar-refractivity contribution is 5.89. The number of hydrogen-bond donors (Lipinski definition) is 2. The molecule has 1 aliphatic heterocycles. The maximum Gasteiger partial charge on any atom is 0.320 e. The molecule has 2 aliphatic rings. The van der Waals surface area contributed by atoms with Gasteiger partial charge in [-0.1, -0.05) is 51.1 Å². The summed E-state index contributed by atoms with van der Waals surface area (Å²) in [4.78, 5) is 20.5. The summed E-state index contributed by atoms with van der Waals surface area (Å²) >= 11 is 0. The van der Waals surface area contributed by atoms with Gasteiger partial charge in [-0.2, -0.15) is 5.10 Å². The van der Waals surface area contributed by atoms with Crippen molar-refractivity contribution >= 4 is 23.2 Å². The molecular formula is C40H52N10O2. The minimum atomic E-state index is -0.275. The van der Waals surface area contributed by atoms with Crippen molar-refractivity contribution in [3.05, 3.63) is 95.6 Å². The molecule has 1 saturated heterocycles. The first kappa shape index (κ1) is 35.5. The van der Waals surface area contributed by atoms with Gasteiger partial charge in [0, 0.05) is 37.3 Å².